The van der Waals surface area contributed by atoms with Crippen molar-refractivity contribution in [3.8, 4) is 17.0 Å². The molecular weight excluding hydrogens is 340 g/mol. The van der Waals surface area contributed by atoms with Gasteiger partial charge in [-0.15, -0.1) is 0 Å². The molecule has 1 amide bonds. The second-order valence-electron chi connectivity index (χ2n) is 7.29. The highest BCUT2D eigenvalue weighted by Crippen LogP contribution is 2.43. The number of nitrogens with zero attached hydrogens (tertiary/aromatic N) is 4. The summed E-state index contributed by atoms with van der Waals surface area (Å²) in [6.45, 7) is 1.94. The molecule has 1 fully saturated rings. The number of fused-ring (bicyclic) bond motifs is 6. The van der Waals surface area contributed by atoms with E-state index in [0.717, 1.165) is 47.5 Å². The van der Waals surface area contributed by atoms with Gasteiger partial charge in [-0.1, -0.05) is 6.92 Å². The molecule has 0 saturated carbocycles. The zero-order valence-electron chi connectivity index (χ0n) is 15.6. The molecule has 2 aromatic heterocycles. The highest BCUT2D eigenvalue weighted by molar-refractivity contribution is 5.77. The van der Waals surface area contributed by atoms with Crippen LogP contribution in [0.3, 0.4) is 0 Å². The second-order valence-corrected chi connectivity index (χ2v) is 7.29. The lowest BCUT2D eigenvalue weighted by Gasteiger charge is -2.36. The molecule has 138 valence electrons. The number of carbonyl (C=O) groups is 1. The Bertz CT molecular complexity index is 1020. The van der Waals surface area contributed by atoms with Crippen molar-refractivity contribution < 1.29 is 9.53 Å². The van der Waals surface area contributed by atoms with Crippen molar-refractivity contribution in [3.63, 3.8) is 0 Å². The molecule has 2 atom stereocenters. The van der Waals surface area contributed by atoms with Crippen molar-refractivity contribution in [2.45, 2.75) is 44.7 Å². The molecule has 5 rings (SSSR count). The minimum atomic E-state index is 0.150. The van der Waals surface area contributed by atoms with E-state index in [1.54, 1.807) is 7.11 Å². The average molecular weight is 362 g/mol. The van der Waals surface area contributed by atoms with Crippen LogP contribution in [0.25, 0.3) is 16.9 Å². The molecule has 3 aromatic rings. The van der Waals surface area contributed by atoms with Gasteiger partial charge >= 0.3 is 0 Å². The summed E-state index contributed by atoms with van der Waals surface area (Å²) >= 11 is 0. The van der Waals surface area contributed by atoms with Crippen LogP contribution < -0.4 is 4.74 Å². The number of hydrogen-bond donors (Lipinski definition) is 0. The van der Waals surface area contributed by atoms with Gasteiger partial charge in [-0.3, -0.25) is 4.79 Å². The van der Waals surface area contributed by atoms with E-state index in [2.05, 4.69) is 9.88 Å². The number of carbonyl (C=O) groups excluding carboxylic acids is 1. The van der Waals surface area contributed by atoms with Crippen molar-refractivity contribution in [2.75, 3.05) is 7.11 Å². The van der Waals surface area contributed by atoms with Crippen molar-refractivity contribution >= 4 is 11.6 Å². The first-order chi connectivity index (χ1) is 13.2. The average Bonchev–Trinajstić information content (AvgIpc) is 3.28. The van der Waals surface area contributed by atoms with E-state index in [9.17, 15) is 4.79 Å². The van der Waals surface area contributed by atoms with E-state index in [-0.39, 0.29) is 18.0 Å². The molecule has 2 bridgehead atoms. The minimum Gasteiger partial charge on any atom is -0.497 e. The Morgan fingerprint density at radius 2 is 2.07 bits per heavy atom. The molecule has 0 spiro atoms. The number of benzene rings is 1. The molecule has 1 aromatic carbocycles. The third-order valence-corrected chi connectivity index (χ3v) is 5.88. The normalized spacial score (nSPS) is 20.7. The van der Waals surface area contributed by atoms with Gasteiger partial charge in [0.25, 0.3) is 0 Å². The van der Waals surface area contributed by atoms with E-state index in [1.165, 1.54) is 5.69 Å². The van der Waals surface area contributed by atoms with Crippen LogP contribution in [0.5, 0.6) is 5.75 Å². The van der Waals surface area contributed by atoms with Gasteiger partial charge in [-0.05, 0) is 37.1 Å². The fourth-order valence-electron chi connectivity index (χ4n) is 4.55. The van der Waals surface area contributed by atoms with Crippen molar-refractivity contribution in [2.24, 2.45) is 0 Å². The highest BCUT2D eigenvalue weighted by atomic mass is 16.5. The predicted molar refractivity (Wildman–Crippen MR) is 102 cm³/mol. The van der Waals surface area contributed by atoms with Gasteiger partial charge in [0, 0.05) is 42.3 Å². The van der Waals surface area contributed by atoms with E-state index < -0.39 is 0 Å². The molecule has 0 N–H and O–H groups in total. The van der Waals surface area contributed by atoms with Crippen LogP contribution >= 0.6 is 0 Å². The van der Waals surface area contributed by atoms with Crippen molar-refractivity contribution in [1.29, 1.82) is 0 Å². The Labute approximate surface area is 157 Å². The monoisotopic (exact) mass is 362 g/mol. The molecule has 27 heavy (non-hydrogen) atoms. The quantitative estimate of drug-likeness (QED) is 0.716. The fourth-order valence-corrected chi connectivity index (χ4v) is 4.55. The van der Waals surface area contributed by atoms with E-state index in [1.807, 2.05) is 48.0 Å². The summed E-state index contributed by atoms with van der Waals surface area (Å²) in [5.74, 6) is 1.07. The van der Waals surface area contributed by atoms with Gasteiger partial charge in [0.2, 0.25) is 5.91 Å². The van der Waals surface area contributed by atoms with Crippen molar-refractivity contribution in [3.05, 3.63) is 47.8 Å². The summed E-state index contributed by atoms with van der Waals surface area (Å²) < 4.78 is 7.22. The molecule has 6 heteroatoms. The topological polar surface area (TPSA) is 59.7 Å². The van der Waals surface area contributed by atoms with Crippen molar-refractivity contribution in [1.82, 2.24) is 19.5 Å². The summed E-state index contributed by atoms with van der Waals surface area (Å²) in [4.78, 5) is 19.2. The fraction of sp³-hybridized carbons (Fsp3) is 0.381. The van der Waals surface area contributed by atoms with E-state index in [0.29, 0.717) is 6.42 Å². The summed E-state index contributed by atoms with van der Waals surface area (Å²) in [6, 6.07) is 10.4. The minimum absolute atomic E-state index is 0.150. The number of ether oxygens (including phenoxy) is 1. The first-order valence-electron chi connectivity index (χ1n) is 9.52. The maximum Gasteiger partial charge on any atom is 0.223 e. The number of amides is 1. The van der Waals surface area contributed by atoms with Crippen LogP contribution in [0.15, 0.2) is 36.5 Å². The summed E-state index contributed by atoms with van der Waals surface area (Å²) in [5.41, 5.74) is 5.15. The SMILES string of the molecule is CCC(=O)N1[C@@H]2CC[C@H]1c1cnc3cc(-c4ccc(OC)cc4)nn3c1C2. The Morgan fingerprint density at radius 1 is 1.26 bits per heavy atom. The van der Waals surface area contributed by atoms with Gasteiger partial charge in [0.1, 0.15) is 5.75 Å². The summed E-state index contributed by atoms with van der Waals surface area (Å²) in [6.07, 6.45) is 5.43. The molecule has 6 nitrogen and oxygen atoms in total. The number of methoxy groups -OCH3 is 1. The lowest BCUT2D eigenvalue weighted by molar-refractivity contribution is -0.134. The van der Waals surface area contributed by atoms with Crippen LogP contribution in [0.2, 0.25) is 0 Å². The molecular formula is C21H22N4O2. The Balaban J connectivity index is 1.58. The number of rotatable bonds is 3. The first kappa shape index (κ1) is 16.3. The third kappa shape index (κ3) is 2.43. The van der Waals surface area contributed by atoms with Crippen LogP contribution in [0, 0.1) is 0 Å². The second kappa shape index (κ2) is 6.08. The molecule has 2 aliphatic heterocycles. The largest absolute Gasteiger partial charge is 0.497 e. The van der Waals surface area contributed by atoms with E-state index >= 15 is 0 Å². The lowest BCUT2D eigenvalue weighted by atomic mass is 9.99. The Hall–Kier alpha value is -2.89. The molecule has 1 saturated heterocycles. The van der Waals surface area contributed by atoms with Gasteiger partial charge < -0.3 is 9.64 Å². The number of aromatic nitrogens is 3. The molecule has 2 aliphatic rings. The zero-order chi connectivity index (χ0) is 18.5. The third-order valence-electron chi connectivity index (χ3n) is 5.88. The zero-order valence-corrected chi connectivity index (χ0v) is 15.6. The highest BCUT2D eigenvalue weighted by Gasteiger charge is 2.43. The van der Waals surface area contributed by atoms with Crippen LogP contribution in [-0.4, -0.2) is 38.6 Å². The van der Waals surface area contributed by atoms with Gasteiger partial charge in [-0.25, -0.2) is 9.50 Å². The van der Waals surface area contributed by atoms with Gasteiger partial charge in [0.15, 0.2) is 5.65 Å². The van der Waals surface area contributed by atoms with Gasteiger partial charge in [-0.2, -0.15) is 5.10 Å². The molecule has 0 aliphatic carbocycles. The molecule has 4 heterocycles. The van der Waals surface area contributed by atoms with Crippen LogP contribution in [0.4, 0.5) is 0 Å². The summed E-state index contributed by atoms with van der Waals surface area (Å²) in [5, 5.41) is 4.85. The van der Waals surface area contributed by atoms with Crippen LogP contribution in [0.1, 0.15) is 43.5 Å². The first-order valence-corrected chi connectivity index (χ1v) is 9.52. The Kier molecular flexibility index (Phi) is 3.67. The van der Waals surface area contributed by atoms with E-state index in [4.69, 9.17) is 9.84 Å². The molecule has 0 unspecified atom stereocenters. The number of hydrogen-bond acceptors (Lipinski definition) is 4. The molecule has 0 radical (unpaired) electrons. The van der Waals surface area contributed by atoms with Crippen LogP contribution in [-0.2, 0) is 11.2 Å². The maximum atomic E-state index is 12.4. The predicted octanol–water partition coefficient (Wildman–Crippen LogP) is 3.40. The smallest absolute Gasteiger partial charge is 0.223 e. The lowest BCUT2D eigenvalue weighted by Crippen LogP contribution is -2.42. The summed E-state index contributed by atoms with van der Waals surface area (Å²) in [7, 11) is 1.66. The Morgan fingerprint density at radius 3 is 2.81 bits per heavy atom. The van der Waals surface area contributed by atoms with Gasteiger partial charge in [0.05, 0.1) is 24.5 Å². The standard InChI is InChI=1S/C21H22N4O2/c1-3-21(26)24-14-6-9-18(24)16-12-22-20-11-17(23-25(20)19(16)10-14)13-4-7-15(27-2)8-5-13/h4-5,7-8,11-12,14,18H,3,6,9-10H2,1-2H3/t14-,18+/m1/s1. The maximum absolute atomic E-state index is 12.4.